The van der Waals surface area contributed by atoms with Gasteiger partial charge >= 0.3 is 0 Å². The van der Waals surface area contributed by atoms with E-state index in [1.807, 2.05) is 6.07 Å². The minimum atomic E-state index is -0.492. The zero-order valence-corrected chi connectivity index (χ0v) is 14.5. The second kappa shape index (κ2) is 8.05. The Kier molecular flexibility index (Phi) is 5.81. The van der Waals surface area contributed by atoms with Gasteiger partial charge in [0.15, 0.2) is 0 Å². The minimum absolute atomic E-state index is 0.426. The summed E-state index contributed by atoms with van der Waals surface area (Å²) in [5.74, 6) is -0.492. The molecule has 2 aliphatic heterocycles. The quantitative estimate of drug-likeness (QED) is 0.639. The van der Waals surface area contributed by atoms with E-state index in [9.17, 15) is 4.79 Å². The summed E-state index contributed by atoms with van der Waals surface area (Å²) in [6.45, 7) is 4.31. The number of aromatic nitrogens is 1. The van der Waals surface area contributed by atoms with Gasteiger partial charge in [-0.1, -0.05) is 6.42 Å². The largest absolute Gasteiger partial charge is 0.306 e. The highest BCUT2D eigenvalue weighted by atomic mass is 16.5. The molecule has 132 valence electrons. The molecule has 1 aromatic heterocycles. The molecular weight excluding hydrogens is 304 g/mol. The van der Waals surface area contributed by atoms with Crippen LogP contribution in [0.15, 0.2) is 12.3 Å². The summed E-state index contributed by atoms with van der Waals surface area (Å²) in [6.07, 6.45) is 8.85. The van der Waals surface area contributed by atoms with Crippen LogP contribution in [0.5, 0.6) is 0 Å². The normalized spacial score (nSPS) is 23.7. The molecule has 0 unspecified atom stereocenters. The fourth-order valence-corrected chi connectivity index (χ4v) is 3.91. The number of carbonyl (C=O) groups is 1. The van der Waals surface area contributed by atoms with Crippen LogP contribution in [0.2, 0.25) is 0 Å². The van der Waals surface area contributed by atoms with E-state index in [0.29, 0.717) is 11.6 Å². The number of rotatable bonds is 2. The number of hydrogen-bond donors (Lipinski definition) is 2. The van der Waals surface area contributed by atoms with Crippen LogP contribution < -0.4 is 5.48 Å². The van der Waals surface area contributed by atoms with Crippen LogP contribution in [-0.2, 0) is 13.0 Å². The Morgan fingerprint density at radius 3 is 2.88 bits per heavy atom. The van der Waals surface area contributed by atoms with Crippen LogP contribution in [0, 0.1) is 0 Å². The molecule has 1 aromatic rings. The Labute approximate surface area is 143 Å². The molecule has 1 saturated heterocycles. The molecule has 6 nitrogen and oxygen atoms in total. The van der Waals surface area contributed by atoms with Gasteiger partial charge in [0.05, 0.1) is 11.3 Å². The molecule has 24 heavy (non-hydrogen) atoms. The summed E-state index contributed by atoms with van der Waals surface area (Å²) in [5.41, 5.74) is 4.31. The van der Waals surface area contributed by atoms with E-state index in [2.05, 4.69) is 21.8 Å². The van der Waals surface area contributed by atoms with Gasteiger partial charge in [0.2, 0.25) is 0 Å². The monoisotopic (exact) mass is 332 g/mol. The Balaban J connectivity index is 1.66. The van der Waals surface area contributed by atoms with E-state index in [1.165, 1.54) is 45.2 Å². The molecule has 1 atom stereocenters. The topological polar surface area (TPSA) is 68.7 Å². The predicted octanol–water partition coefficient (Wildman–Crippen LogP) is 1.82. The molecule has 0 saturated carbocycles. The maximum atomic E-state index is 11.5. The third-order valence-electron chi connectivity index (χ3n) is 5.37. The van der Waals surface area contributed by atoms with E-state index < -0.39 is 5.91 Å². The van der Waals surface area contributed by atoms with Crippen molar-refractivity contribution in [3.8, 4) is 0 Å². The van der Waals surface area contributed by atoms with Crippen molar-refractivity contribution >= 4 is 5.91 Å². The standard InChI is InChI=1S/C18H28N4O2/c1-21-8-3-2-5-16(6-4-9-21)22-10-7-14-11-15(18(23)20-24)12-19-17(14)13-22/h11-12,16,24H,2-10,13H2,1H3,(H,20,23)/t16-/m0/s1. The second-order valence-corrected chi connectivity index (χ2v) is 7.09. The molecule has 3 heterocycles. The number of hydroxylamine groups is 1. The molecular formula is C18H28N4O2. The Hall–Kier alpha value is -1.50. The molecule has 0 spiro atoms. The lowest BCUT2D eigenvalue weighted by molar-refractivity contribution is 0.0705. The van der Waals surface area contributed by atoms with Gasteiger partial charge in [-0.2, -0.15) is 0 Å². The summed E-state index contributed by atoms with van der Waals surface area (Å²) < 4.78 is 0. The van der Waals surface area contributed by atoms with Crippen molar-refractivity contribution in [3.05, 3.63) is 29.1 Å². The van der Waals surface area contributed by atoms with Gasteiger partial charge < -0.3 is 4.90 Å². The number of amides is 1. The lowest BCUT2D eigenvalue weighted by atomic mass is 9.97. The summed E-state index contributed by atoms with van der Waals surface area (Å²) in [7, 11) is 2.22. The third kappa shape index (κ3) is 4.12. The highest BCUT2D eigenvalue weighted by Crippen LogP contribution is 2.24. The molecule has 1 fully saturated rings. The zero-order valence-electron chi connectivity index (χ0n) is 14.5. The molecule has 6 heteroatoms. The lowest BCUT2D eigenvalue weighted by Gasteiger charge is -2.35. The van der Waals surface area contributed by atoms with Crippen molar-refractivity contribution in [2.75, 3.05) is 26.7 Å². The van der Waals surface area contributed by atoms with Gasteiger partial charge in [-0.05, 0) is 63.9 Å². The van der Waals surface area contributed by atoms with Crippen molar-refractivity contribution < 1.29 is 10.0 Å². The number of nitrogens with zero attached hydrogens (tertiary/aromatic N) is 3. The Morgan fingerprint density at radius 1 is 1.25 bits per heavy atom. The Morgan fingerprint density at radius 2 is 2.04 bits per heavy atom. The van der Waals surface area contributed by atoms with Gasteiger partial charge in [0.25, 0.3) is 5.91 Å². The molecule has 0 bridgehead atoms. The number of hydrogen-bond acceptors (Lipinski definition) is 5. The van der Waals surface area contributed by atoms with Crippen molar-refractivity contribution in [3.63, 3.8) is 0 Å². The first-order chi connectivity index (χ1) is 11.7. The van der Waals surface area contributed by atoms with E-state index >= 15 is 0 Å². The molecule has 2 aliphatic rings. The number of fused-ring (bicyclic) bond motifs is 1. The first kappa shape index (κ1) is 17.3. The first-order valence-corrected chi connectivity index (χ1v) is 9.02. The molecule has 0 radical (unpaired) electrons. The number of nitrogens with one attached hydrogen (secondary N) is 1. The van der Waals surface area contributed by atoms with Gasteiger partial charge in [-0.3, -0.25) is 19.9 Å². The van der Waals surface area contributed by atoms with E-state index in [-0.39, 0.29) is 0 Å². The predicted molar refractivity (Wildman–Crippen MR) is 92.0 cm³/mol. The van der Waals surface area contributed by atoms with Crippen LogP contribution in [0.25, 0.3) is 0 Å². The highest BCUT2D eigenvalue weighted by Gasteiger charge is 2.25. The lowest BCUT2D eigenvalue weighted by Crippen LogP contribution is -2.40. The van der Waals surface area contributed by atoms with Crippen molar-refractivity contribution in [1.29, 1.82) is 0 Å². The first-order valence-electron chi connectivity index (χ1n) is 9.02. The molecule has 0 aromatic carbocycles. The van der Waals surface area contributed by atoms with Crippen molar-refractivity contribution in [1.82, 2.24) is 20.3 Å². The van der Waals surface area contributed by atoms with Crippen LogP contribution in [-0.4, -0.2) is 58.6 Å². The summed E-state index contributed by atoms with van der Waals surface area (Å²) in [4.78, 5) is 21.0. The van der Waals surface area contributed by atoms with Crippen LogP contribution in [0.4, 0.5) is 0 Å². The zero-order chi connectivity index (χ0) is 16.9. The van der Waals surface area contributed by atoms with E-state index in [4.69, 9.17) is 5.21 Å². The van der Waals surface area contributed by atoms with E-state index in [0.717, 1.165) is 30.8 Å². The van der Waals surface area contributed by atoms with Crippen molar-refractivity contribution in [2.24, 2.45) is 0 Å². The fraction of sp³-hybridized carbons (Fsp3) is 0.667. The smallest absolute Gasteiger partial charge is 0.276 e. The fourth-order valence-electron chi connectivity index (χ4n) is 3.91. The highest BCUT2D eigenvalue weighted by molar-refractivity contribution is 5.93. The summed E-state index contributed by atoms with van der Waals surface area (Å²) >= 11 is 0. The van der Waals surface area contributed by atoms with Gasteiger partial charge in [-0.15, -0.1) is 0 Å². The van der Waals surface area contributed by atoms with Gasteiger partial charge in [0.1, 0.15) is 0 Å². The molecule has 3 rings (SSSR count). The average Bonchev–Trinajstić information content (AvgIpc) is 2.72. The SMILES string of the molecule is CN1CCCC[C@H](N2CCc3cc(C(=O)NO)cnc3C2)CCC1. The van der Waals surface area contributed by atoms with Crippen LogP contribution in [0.1, 0.15) is 53.7 Å². The Bertz CT molecular complexity index is 578. The number of carbonyl (C=O) groups excluding carboxylic acids is 1. The molecule has 2 N–H and O–H groups in total. The summed E-state index contributed by atoms with van der Waals surface area (Å²) in [5, 5.41) is 8.76. The number of pyridine rings is 1. The van der Waals surface area contributed by atoms with E-state index in [1.54, 1.807) is 11.7 Å². The summed E-state index contributed by atoms with van der Waals surface area (Å²) in [6, 6.07) is 2.51. The maximum Gasteiger partial charge on any atom is 0.276 e. The molecule has 1 amide bonds. The molecule has 0 aliphatic carbocycles. The van der Waals surface area contributed by atoms with Gasteiger partial charge in [0, 0.05) is 25.3 Å². The second-order valence-electron chi connectivity index (χ2n) is 7.09. The average molecular weight is 332 g/mol. The van der Waals surface area contributed by atoms with Crippen LogP contribution in [0.3, 0.4) is 0 Å². The van der Waals surface area contributed by atoms with Crippen LogP contribution >= 0.6 is 0 Å². The third-order valence-corrected chi connectivity index (χ3v) is 5.37. The maximum absolute atomic E-state index is 11.5. The van der Waals surface area contributed by atoms with Crippen molar-refractivity contribution in [2.45, 2.75) is 51.1 Å². The van der Waals surface area contributed by atoms with Gasteiger partial charge in [-0.25, -0.2) is 5.48 Å². The minimum Gasteiger partial charge on any atom is -0.306 e.